The lowest BCUT2D eigenvalue weighted by Gasteiger charge is -2.27. The summed E-state index contributed by atoms with van der Waals surface area (Å²) < 4.78 is 0. The first-order valence-electron chi connectivity index (χ1n) is 5.82. The normalized spacial score (nSPS) is 22.4. The molecule has 2 rings (SSSR count). The highest BCUT2D eigenvalue weighted by atomic mass is 16.3. The fourth-order valence-corrected chi connectivity index (χ4v) is 2.31. The number of hydrogen-bond acceptors (Lipinski definition) is 4. The molecule has 0 spiro atoms. The fraction of sp³-hybridized carbons (Fsp3) is 0.583. The first-order valence-corrected chi connectivity index (χ1v) is 5.82. The first kappa shape index (κ1) is 11.4. The van der Waals surface area contributed by atoms with Crippen molar-refractivity contribution in [3.63, 3.8) is 0 Å². The Morgan fingerprint density at radius 1 is 1.69 bits per heavy atom. The van der Waals surface area contributed by atoms with E-state index in [0.717, 1.165) is 30.8 Å². The Balaban J connectivity index is 2.32. The molecule has 0 aliphatic carbocycles. The fourth-order valence-electron chi connectivity index (χ4n) is 2.31. The van der Waals surface area contributed by atoms with Crippen molar-refractivity contribution in [2.45, 2.75) is 31.8 Å². The van der Waals surface area contributed by atoms with E-state index in [1.54, 1.807) is 6.20 Å². The van der Waals surface area contributed by atoms with Crippen molar-refractivity contribution in [1.29, 1.82) is 0 Å². The molecule has 0 saturated carbocycles. The molecule has 1 aliphatic heterocycles. The lowest BCUT2D eigenvalue weighted by molar-refractivity contribution is 0.266. The Morgan fingerprint density at radius 2 is 2.50 bits per heavy atom. The van der Waals surface area contributed by atoms with Crippen LogP contribution in [0.4, 0.5) is 5.82 Å². The van der Waals surface area contributed by atoms with Gasteiger partial charge < -0.3 is 15.7 Å². The van der Waals surface area contributed by atoms with E-state index in [1.165, 1.54) is 0 Å². The summed E-state index contributed by atoms with van der Waals surface area (Å²) in [5.74, 6) is 0.939. The van der Waals surface area contributed by atoms with Gasteiger partial charge in [-0.2, -0.15) is 0 Å². The van der Waals surface area contributed by atoms with Gasteiger partial charge in [-0.05, 0) is 25.8 Å². The van der Waals surface area contributed by atoms with Crippen molar-refractivity contribution >= 4 is 5.82 Å². The minimum absolute atomic E-state index is 0.0244. The Kier molecular flexibility index (Phi) is 3.41. The molecule has 1 unspecified atom stereocenters. The molecule has 1 aromatic heterocycles. The first-order chi connectivity index (χ1) is 7.74. The summed E-state index contributed by atoms with van der Waals surface area (Å²) >= 11 is 0. The van der Waals surface area contributed by atoms with Gasteiger partial charge in [0.25, 0.3) is 0 Å². The number of rotatable bonds is 3. The molecule has 0 aromatic carbocycles. The summed E-state index contributed by atoms with van der Waals surface area (Å²) in [5.41, 5.74) is 7.00. The summed E-state index contributed by atoms with van der Waals surface area (Å²) in [5, 5.41) is 9.33. The highest BCUT2D eigenvalue weighted by Crippen LogP contribution is 2.28. The van der Waals surface area contributed by atoms with Gasteiger partial charge in [0.2, 0.25) is 0 Å². The highest BCUT2D eigenvalue weighted by molar-refractivity contribution is 5.50. The van der Waals surface area contributed by atoms with Gasteiger partial charge in [0.05, 0.1) is 12.6 Å². The Hall–Kier alpha value is -1.13. The third-order valence-corrected chi connectivity index (χ3v) is 3.17. The number of aliphatic hydroxyl groups excluding tert-OH is 1. The molecule has 88 valence electrons. The summed E-state index contributed by atoms with van der Waals surface area (Å²) in [6.07, 6.45) is 3.93. The average molecular weight is 221 g/mol. The summed E-state index contributed by atoms with van der Waals surface area (Å²) in [6.45, 7) is 3.11. The van der Waals surface area contributed by atoms with Crippen molar-refractivity contribution in [2.75, 3.05) is 18.1 Å². The molecular formula is C12H19N3O. The summed E-state index contributed by atoms with van der Waals surface area (Å²) in [7, 11) is 0. The van der Waals surface area contributed by atoms with Crippen LogP contribution in [-0.4, -0.2) is 29.3 Å². The van der Waals surface area contributed by atoms with Gasteiger partial charge in [-0.3, -0.25) is 0 Å². The van der Waals surface area contributed by atoms with Gasteiger partial charge >= 0.3 is 0 Å². The zero-order valence-electron chi connectivity index (χ0n) is 9.63. The molecule has 1 aliphatic rings. The predicted octanol–water partition coefficient (Wildman–Crippen LogP) is 1.06. The maximum absolute atomic E-state index is 9.33. The smallest absolute Gasteiger partial charge is 0.133 e. The molecule has 16 heavy (non-hydrogen) atoms. The molecule has 4 nitrogen and oxygen atoms in total. The SMILES string of the molecule is C[C@H](N)c1cccnc1N1CCCC1CO. The van der Waals surface area contributed by atoms with Crippen LogP contribution in [0.3, 0.4) is 0 Å². The summed E-state index contributed by atoms with van der Waals surface area (Å²) in [4.78, 5) is 6.59. The minimum Gasteiger partial charge on any atom is -0.394 e. The van der Waals surface area contributed by atoms with Crippen molar-refractivity contribution in [2.24, 2.45) is 5.73 Å². The van der Waals surface area contributed by atoms with Crippen LogP contribution in [0.15, 0.2) is 18.3 Å². The van der Waals surface area contributed by atoms with E-state index in [0.29, 0.717) is 0 Å². The Bertz CT molecular complexity index is 354. The van der Waals surface area contributed by atoms with Crippen LogP contribution in [0.2, 0.25) is 0 Å². The van der Waals surface area contributed by atoms with E-state index >= 15 is 0 Å². The Morgan fingerprint density at radius 3 is 3.19 bits per heavy atom. The van der Waals surface area contributed by atoms with E-state index in [1.807, 2.05) is 19.1 Å². The van der Waals surface area contributed by atoms with Gasteiger partial charge in [0.15, 0.2) is 0 Å². The van der Waals surface area contributed by atoms with Crippen LogP contribution in [0.1, 0.15) is 31.4 Å². The number of nitrogens with zero attached hydrogens (tertiary/aromatic N) is 2. The molecule has 1 saturated heterocycles. The zero-order chi connectivity index (χ0) is 11.5. The quantitative estimate of drug-likeness (QED) is 0.801. The van der Waals surface area contributed by atoms with Crippen molar-refractivity contribution in [1.82, 2.24) is 4.98 Å². The van der Waals surface area contributed by atoms with E-state index in [-0.39, 0.29) is 18.7 Å². The number of hydrogen-bond donors (Lipinski definition) is 2. The molecule has 0 bridgehead atoms. The van der Waals surface area contributed by atoms with Gasteiger partial charge in [-0.15, -0.1) is 0 Å². The second-order valence-corrected chi connectivity index (χ2v) is 4.38. The van der Waals surface area contributed by atoms with Crippen LogP contribution in [0.5, 0.6) is 0 Å². The van der Waals surface area contributed by atoms with Gasteiger partial charge in [0.1, 0.15) is 5.82 Å². The number of aromatic nitrogens is 1. The second-order valence-electron chi connectivity index (χ2n) is 4.38. The van der Waals surface area contributed by atoms with E-state index < -0.39 is 0 Å². The number of pyridine rings is 1. The van der Waals surface area contributed by atoms with E-state index in [9.17, 15) is 5.11 Å². The van der Waals surface area contributed by atoms with E-state index in [2.05, 4.69) is 9.88 Å². The molecule has 1 aromatic rings. The molecule has 1 fully saturated rings. The number of nitrogens with two attached hydrogens (primary N) is 1. The Labute approximate surface area is 96.1 Å². The van der Waals surface area contributed by atoms with Crippen molar-refractivity contribution in [3.05, 3.63) is 23.9 Å². The molecular weight excluding hydrogens is 202 g/mol. The highest BCUT2D eigenvalue weighted by Gasteiger charge is 2.26. The van der Waals surface area contributed by atoms with Gasteiger partial charge in [-0.25, -0.2) is 4.98 Å². The second kappa shape index (κ2) is 4.80. The maximum Gasteiger partial charge on any atom is 0.133 e. The lowest BCUT2D eigenvalue weighted by atomic mass is 10.1. The number of anilines is 1. The molecule has 4 heteroatoms. The standard InChI is InChI=1S/C12H19N3O/c1-9(13)11-5-2-6-14-12(11)15-7-3-4-10(15)8-16/h2,5-6,9-10,16H,3-4,7-8,13H2,1H3/t9-,10?/m0/s1. The van der Waals surface area contributed by atoms with Gasteiger partial charge in [0, 0.05) is 24.3 Å². The monoisotopic (exact) mass is 221 g/mol. The molecule has 2 heterocycles. The molecule has 0 radical (unpaired) electrons. The van der Waals surface area contributed by atoms with Crippen LogP contribution in [0.25, 0.3) is 0 Å². The molecule has 2 atom stereocenters. The topological polar surface area (TPSA) is 62.4 Å². The third-order valence-electron chi connectivity index (χ3n) is 3.17. The molecule has 3 N–H and O–H groups in total. The van der Waals surface area contributed by atoms with Crippen LogP contribution in [0, 0.1) is 0 Å². The summed E-state index contributed by atoms with van der Waals surface area (Å²) in [6, 6.07) is 4.10. The van der Waals surface area contributed by atoms with Crippen molar-refractivity contribution < 1.29 is 5.11 Å². The predicted molar refractivity (Wildman–Crippen MR) is 64.3 cm³/mol. The minimum atomic E-state index is -0.0244. The largest absolute Gasteiger partial charge is 0.394 e. The van der Waals surface area contributed by atoms with Crippen molar-refractivity contribution in [3.8, 4) is 0 Å². The van der Waals surface area contributed by atoms with E-state index in [4.69, 9.17) is 5.73 Å². The lowest BCUT2D eigenvalue weighted by Crippen LogP contribution is -2.34. The molecule has 0 amide bonds. The van der Waals surface area contributed by atoms with Crippen LogP contribution in [-0.2, 0) is 0 Å². The number of aliphatic hydroxyl groups is 1. The third kappa shape index (κ3) is 2.03. The van der Waals surface area contributed by atoms with Crippen LogP contribution >= 0.6 is 0 Å². The maximum atomic E-state index is 9.33. The average Bonchev–Trinajstić information content (AvgIpc) is 2.76. The van der Waals surface area contributed by atoms with Crippen LogP contribution < -0.4 is 10.6 Å². The van der Waals surface area contributed by atoms with Gasteiger partial charge in [-0.1, -0.05) is 6.07 Å². The zero-order valence-corrected chi connectivity index (χ0v) is 9.63.